The van der Waals surface area contributed by atoms with Gasteiger partial charge in [-0.1, -0.05) is 44.2 Å². The van der Waals surface area contributed by atoms with Gasteiger partial charge in [-0.2, -0.15) is 0 Å². The Labute approximate surface area is 137 Å². The van der Waals surface area contributed by atoms with Crippen LogP contribution in [0.3, 0.4) is 0 Å². The van der Waals surface area contributed by atoms with Crippen molar-refractivity contribution >= 4 is 5.91 Å². The van der Waals surface area contributed by atoms with E-state index in [1.807, 2.05) is 42.5 Å². The minimum atomic E-state index is -0.139. The summed E-state index contributed by atoms with van der Waals surface area (Å²) in [6, 6.07) is 13.4. The van der Waals surface area contributed by atoms with Gasteiger partial charge in [-0.3, -0.25) is 9.78 Å². The second kappa shape index (κ2) is 8.44. The number of benzene rings is 1. The summed E-state index contributed by atoms with van der Waals surface area (Å²) >= 11 is 0. The Balaban J connectivity index is 2.10. The molecule has 0 saturated carbocycles. The van der Waals surface area contributed by atoms with Crippen molar-refractivity contribution in [2.75, 3.05) is 6.61 Å². The van der Waals surface area contributed by atoms with Crippen LogP contribution in [0.4, 0.5) is 0 Å². The number of nitrogens with zero attached hydrogens (tertiary/aromatic N) is 1. The fourth-order valence-corrected chi connectivity index (χ4v) is 2.43. The van der Waals surface area contributed by atoms with Crippen molar-refractivity contribution in [1.82, 2.24) is 10.3 Å². The van der Waals surface area contributed by atoms with Crippen LogP contribution in [0.2, 0.25) is 0 Å². The molecular formula is C19H24N2O2. The van der Waals surface area contributed by atoms with Gasteiger partial charge in [-0.25, -0.2) is 0 Å². The quantitative estimate of drug-likeness (QED) is 0.823. The lowest BCUT2D eigenvalue weighted by molar-refractivity contribution is 0.0932. The van der Waals surface area contributed by atoms with Crippen LogP contribution in [-0.2, 0) is 0 Å². The van der Waals surface area contributed by atoms with E-state index in [9.17, 15) is 4.79 Å². The zero-order chi connectivity index (χ0) is 16.7. The number of aromatic nitrogens is 1. The van der Waals surface area contributed by atoms with E-state index in [2.05, 4.69) is 24.1 Å². The van der Waals surface area contributed by atoms with Crippen molar-refractivity contribution in [2.45, 2.75) is 38.6 Å². The van der Waals surface area contributed by atoms with Crippen molar-refractivity contribution in [1.29, 1.82) is 0 Å². The van der Waals surface area contributed by atoms with Gasteiger partial charge in [0.05, 0.1) is 11.6 Å². The molecule has 0 fully saturated rings. The summed E-state index contributed by atoms with van der Waals surface area (Å²) in [4.78, 5) is 16.8. The number of amides is 1. The molecule has 1 heterocycles. The molecule has 4 nitrogen and oxygen atoms in total. The van der Waals surface area contributed by atoms with E-state index in [-0.39, 0.29) is 18.6 Å². The zero-order valence-corrected chi connectivity index (χ0v) is 13.7. The third-order valence-electron chi connectivity index (χ3n) is 3.80. The van der Waals surface area contributed by atoms with Gasteiger partial charge in [-0.05, 0) is 36.5 Å². The van der Waals surface area contributed by atoms with Gasteiger partial charge in [0.15, 0.2) is 0 Å². The Kier molecular flexibility index (Phi) is 6.29. The number of rotatable bonds is 7. The molecule has 122 valence electrons. The molecule has 0 aliphatic rings. The third kappa shape index (κ3) is 4.89. The van der Waals surface area contributed by atoms with Gasteiger partial charge in [0, 0.05) is 18.5 Å². The molecule has 2 N–H and O–H groups in total. The molecule has 4 heteroatoms. The number of carbonyl (C=O) groups is 1. The molecule has 0 saturated heterocycles. The molecule has 1 amide bonds. The van der Waals surface area contributed by atoms with Gasteiger partial charge in [0.2, 0.25) is 0 Å². The zero-order valence-electron chi connectivity index (χ0n) is 13.7. The van der Waals surface area contributed by atoms with Crippen molar-refractivity contribution in [3.05, 3.63) is 65.5 Å². The lowest BCUT2D eigenvalue weighted by atomic mass is 10.0. The summed E-state index contributed by atoms with van der Waals surface area (Å²) in [7, 11) is 0. The minimum absolute atomic E-state index is 0.111. The molecule has 1 atom stereocenters. The average Bonchev–Trinajstić information content (AvgIpc) is 2.59. The number of aliphatic hydroxyl groups is 1. The molecule has 23 heavy (non-hydrogen) atoms. The number of nitrogens with one attached hydrogen (secondary N) is 1. The fourth-order valence-electron chi connectivity index (χ4n) is 2.43. The summed E-state index contributed by atoms with van der Waals surface area (Å²) in [5.41, 5.74) is 2.57. The van der Waals surface area contributed by atoms with Crippen LogP contribution in [-0.4, -0.2) is 22.6 Å². The number of pyridine rings is 1. The largest absolute Gasteiger partial charge is 0.396 e. The highest BCUT2D eigenvalue weighted by molar-refractivity contribution is 5.94. The monoisotopic (exact) mass is 312 g/mol. The highest BCUT2D eigenvalue weighted by atomic mass is 16.3. The average molecular weight is 312 g/mol. The predicted molar refractivity (Wildman–Crippen MR) is 91.3 cm³/mol. The Morgan fingerprint density at radius 3 is 2.48 bits per heavy atom. The van der Waals surface area contributed by atoms with Crippen LogP contribution >= 0.6 is 0 Å². The molecule has 1 unspecified atom stereocenters. The lowest BCUT2D eigenvalue weighted by Gasteiger charge is -2.19. The van der Waals surface area contributed by atoms with Crippen LogP contribution in [0.15, 0.2) is 48.7 Å². The number of carbonyl (C=O) groups excluding carboxylic acids is 1. The SMILES string of the molecule is CC(C)c1ccc(C(=O)NC(CCCO)c2ccccc2)cn1. The van der Waals surface area contributed by atoms with Crippen molar-refractivity contribution in [2.24, 2.45) is 0 Å². The van der Waals surface area contributed by atoms with E-state index < -0.39 is 0 Å². The maximum Gasteiger partial charge on any atom is 0.253 e. The van der Waals surface area contributed by atoms with Crippen molar-refractivity contribution < 1.29 is 9.90 Å². The Morgan fingerprint density at radius 1 is 1.17 bits per heavy atom. The molecule has 0 aliphatic carbocycles. The molecule has 0 radical (unpaired) electrons. The first-order valence-electron chi connectivity index (χ1n) is 8.04. The molecule has 0 bridgehead atoms. The first kappa shape index (κ1) is 17.2. The van der Waals surface area contributed by atoms with Crippen LogP contribution in [0, 0.1) is 0 Å². The Hall–Kier alpha value is -2.20. The molecule has 0 aliphatic heterocycles. The number of hydrogen-bond acceptors (Lipinski definition) is 3. The normalized spacial score (nSPS) is 12.2. The van der Waals surface area contributed by atoms with Gasteiger partial charge in [0.25, 0.3) is 5.91 Å². The highest BCUT2D eigenvalue weighted by Crippen LogP contribution is 2.19. The maximum atomic E-state index is 12.5. The van der Waals surface area contributed by atoms with Crippen molar-refractivity contribution in [3.63, 3.8) is 0 Å². The molecule has 2 aromatic rings. The summed E-state index contributed by atoms with van der Waals surface area (Å²) in [5, 5.41) is 12.1. The highest BCUT2D eigenvalue weighted by Gasteiger charge is 2.16. The second-order valence-electron chi connectivity index (χ2n) is 5.93. The smallest absolute Gasteiger partial charge is 0.253 e. The number of hydrogen-bond donors (Lipinski definition) is 2. The summed E-state index contributed by atoms with van der Waals surface area (Å²) in [5.74, 6) is 0.202. The summed E-state index contributed by atoms with van der Waals surface area (Å²) < 4.78 is 0. The lowest BCUT2D eigenvalue weighted by Crippen LogP contribution is -2.29. The second-order valence-corrected chi connectivity index (χ2v) is 5.93. The van der Waals surface area contributed by atoms with Crippen LogP contribution in [0.5, 0.6) is 0 Å². The fraction of sp³-hybridized carbons (Fsp3) is 0.368. The van der Waals surface area contributed by atoms with Crippen LogP contribution in [0.1, 0.15) is 60.3 Å². The van der Waals surface area contributed by atoms with Crippen LogP contribution < -0.4 is 5.32 Å². The van der Waals surface area contributed by atoms with E-state index in [4.69, 9.17) is 5.11 Å². The predicted octanol–water partition coefficient (Wildman–Crippen LogP) is 3.45. The summed E-state index contributed by atoms with van der Waals surface area (Å²) in [6.07, 6.45) is 2.97. The van der Waals surface area contributed by atoms with E-state index in [0.29, 0.717) is 24.3 Å². The molecule has 1 aromatic heterocycles. The van der Waals surface area contributed by atoms with E-state index in [1.165, 1.54) is 0 Å². The van der Waals surface area contributed by atoms with Gasteiger partial charge in [-0.15, -0.1) is 0 Å². The van der Waals surface area contributed by atoms with Crippen molar-refractivity contribution in [3.8, 4) is 0 Å². The van der Waals surface area contributed by atoms with Gasteiger partial charge < -0.3 is 10.4 Å². The Morgan fingerprint density at radius 2 is 1.91 bits per heavy atom. The Bertz CT molecular complexity index is 609. The van der Waals surface area contributed by atoms with E-state index in [1.54, 1.807) is 6.20 Å². The minimum Gasteiger partial charge on any atom is -0.396 e. The number of aliphatic hydroxyl groups excluding tert-OH is 1. The maximum absolute atomic E-state index is 12.5. The van der Waals surface area contributed by atoms with Gasteiger partial charge >= 0.3 is 0 Å². The van der Waals surface area contributed by atoms with Gasteiger partial charge in [0.1, 0.15) is 0 Å². The molecule has 0 spiro atoms. The first-order chi connectivity index (χ1) is 11.1. The molecule has 1 aromatic carbocycles. The summed E-state index contributed by atoms with van der Waals surface area (Å²) in [6.45, 7) is 4.26. The molecular weight excluding hydrogens is 288 g/mol. The third-order valence-corrected chi connectivity index (χ3v) is 3.80. The van der Waals surface area contributed by atoms with E-state index >= 15 is 0 Å². The molecule has 2 rings (SSSR count). The van der Waals surface area contributed by atoms with Crippen LogP contribution in [0.25, 0.3) is 0 Å². The standard InChI is InChI=1S/C19H24N2O2/c1-14(2)17-11-10-16(13-20-17)19(23)21-18(9-6-12-22)15-7-4-3-5-8-15/h3-5,7-8,10-11,13-14,18,22H,6,9,12H2,1-2H3,(H,21,23). The topological polar surface area (TPSA) is 62.2 Å². The first-order valence-corrected chi connectivity index (χ1v) is 8.04. The van der Waals surface area contributed by atoms with E-state index in [0.717, 1.165) is 11.3 Å².